The molecule has 5 rings (SSSR count). The number of carbonyl (C=O) groups is 1. The molecule has 0 unspecified atom stereocenters. The third-order valence-corrected chi connectivity index (χ3v) is 5.76. The van der Waals surface area contributed by atoms with Gasteiger partial charge >= 0.3 is 0 Å². The fourth-order valence-electron chi connectivity index (χ4n) is 4.03. The number of carbonyl (C=O) groups excluding carboxylic acids is 1. The lowest BCUT2D eigenvalue weighted by Crippen LogP contribution is -2.46. The Bertz CT molecular complexity index is 817. The van der Waals surface area contributed by atoms with Gasteiger partial charge in [0.15, 0.2) is 11.5 Å². The summed E-state index contributed by atoms with van der Waals surface area (Å²) in [6.45, 7) is 3.14. The Labute approximate surface area is 150 Å². The van der Waals surface area contributed by atoms with Gasteiger partial charge in [0.05, 0.1) is 5.60 Å². The molecule has 2 aliphatic heterocycles. The van der Waals surface area contributed by atoms with Gasteiger partial charge in [0.2, 0.25) is 0 Å². The minimum atomic E-state index is -0.188. The van der Waals surface area contributed by atoms with E-state index in [1.807, 2.05) is 11.0 Å². The Morgan fingerprint density at radius 3 is 2.65 bits per heavy atom. The normalized spacial score (nSPS) is 25.1. The van der Waals surface area contributed by atoms with Gasteiger partial charge in [-0.2, -0.15) is 4.98 Å². The van der Waals surface area contributed by atoms with E-state index in [1.165, 1.54) is 0 Å². The quantitative estimate of drug-likeness (QED) is 0.832. The van der Waals surface area contributed by atoms with Gasteiger partial charge in [-0.1, -0.05) is 10.3 Å². The largest absolute Gasteiger partial charge is 0.362 e. The van der Waals surface area contributed by atoms with Crippen molar-refractivity contribution in [2.45, 2.75) is 63.1 Å². The highest BCUT2D eigenvalue weighted by Gasteiger charge is 2.45. The fraction of sp³-hybridized carbons (Fsp3) is 0.667. The van der Waals surface area contributed by atoms with Crippen molar-refractivity contribution in [3.05, 3.63) is 29.2 Å². The van der Waals surface area contributed by atoms with Gasteiger partial charge < -0.3 is 18.7 Å². The Kier molecular flexibility index (Phi) is 3.63. The van der Waals surface area contributed by atoms with Crippen molar-refractivity contribution in [3.63, 3.8) is 0 Å². The highest BCUT2D eigenvalue weighted by Crippen LogP contribution is 2.45. The van der Waals surface area contributed by atoms with Crippen molar-refractivity contribution >= 4 is 5.91 Å². The molecule has 0 bridgehead atoms. The van der Waals surface area contributed by atoms with Crippen molar-refractivity contribution in [2.24, 2.45) is 0 Å². The fourth-order valence-corrected chi connectivity index (χ4v) is 4.03. The molecule has 3 aliphatic rings. The van der Waals surface area contributed by atoms with E-state index in [4.69, 9.17) is 13.8 Å². The van der Waals surface area contributed by atoms with Crippen molar-refractivity contribution < 1.29 is 18.6 Å². The Morgan fingerprint density at radius 1 is 1.15 bits per heavy atom. The molecule has 2 aromatic heterocycles. The van der Waals surface area contributed by atoms with Crippen LogP contribution in [0.5, 0.6) is 0 Å². The number of amides is 1. The molecule has 0 aromatic carbocycles. The molecule has 1 amide bonds. The van der Waals surface area contributed by atoms with E-state index in [1.54, 1.807) is 6.92 Å². The van der Waals surface area contributed by atoms with Crippen LogP contribution in [0.4, 0.5) is 0 Å². The molecule has 2 saturated heterocycles. The van der Waals surface area contributed by atoms with Crippen LogP contribution < -0.4 is 0 Å². The molecule has 1 spiro atoms. The number of aromatic nitrogens is 3. The first-order valence-electron chi connectivity index (χ1n) is 9.36. The standard InChI is InChI=1S/C18H22N4O4/c1-11-19-16(26-20-11)14-4-5-18(24-14)6-8-22(9-7-18)17(23)13-10-15(25-21-13)12-2-3-12/h10,12,14H,2-9H2,1H3/t14-/m0/s1. The summed E-state index contributed by atoms with van der Waals surface area (Å²) in [6, 6.07) is 1.81. The maximum absolute atomic E-state index is 12.7. The van der Waals surface area contributed by atoms with Crippen LogP contribution in [0.15, 0.2) is 15.1 Å². The lowest BCUT2D eigenvalue weighted by molar-refractivity contribution is -0.0821. The van der Waals surface area contributed by atoms with Crippen LogP contribution >= 0.6 is 0 Å². The van der Waals surface area contributed by atoms with Gasteiger partial charge in [-0.15, -0.1) is 0 Å². The number of aryl methyl sites for hydroxylation is 1. The van der Waals surface area contributed by atoms with E-state index in [0.717, 1.165) is 44.3 Å². The van der Waals surface area contributed by atoms with Gasteiger partial charge in [0, 0.05) is 25.1 Å². The Hall–Kier alpha value is -2.22. The third kappa shape index (κ3) is 2.82. The summed E-state index contributed by atoms with van der Waals surface area (Å²) < 4.78 is 16.9. The second kappa shape index (κ2) is 5.90. The van der Waals surface area contributed by atoms with Crippen LogP contribution in [0.2, 0.25) is 0 Å². The van der Waals surface area contributed by atoms with Crippen molar-refractivity contribution in [2.75, 3.05) is 13.1 Å². The summed E-state index contributed by atoms with van der Waals surface area (Å²) in [5.41, 5.74) is 0.238. The SMILES string of the molecule is Cc1noc([C@@H]2CCC3(CCN(C(=O)c4cc(C5CC5)on4)CC3)O2)n1. The molecule has 2 aromatic rings. The first-order chi connectivity index (χ1) is 12.6. The zero-order valence-electron chi connectivity index (χ0n) is 14.8. The number of rotatable bonds is 3. The summed E-state index contributed by atoms with van der Waals surface area (Å²) in [5, 5.41) is 7.82. The van der Waals surface area contributed by atoms with E-state index in [0.29, 0.717) is 36.4 Å². The molecular formula is C18H22N4O4. The van der Waals surface area contributed by atoms with Crippen molar-refractivity contribution in [3.8, 4) is 0 Å². The maximum atomic E-state index is 12.7. The number of hydrogen-bond acceptors (Lipinski definition) is 7. The maximum Gasteiger partial charge on any atom is 0.276 e. The van der Waals surface area contributed by atoms with E-state index in [2.05, 4.69) is 15.3 Å². The predicted molar refractivity (Wildman–Crippen MR) is 88.4 cm³/mol. The molecule has 0 N–H and O–H groups in total. The molecule has 0 radical (unpaired) electrons. The first kappa shape index (κ1) is 16.0. The number of nitrogens with zero attached hydrogens (tertiary/aromatic N) is 4. The zero-order valence-corrected chi connectivity index (χ0v) is 14.8. The number of hydrogen-bond donors (Lipinski definition) is 0. The Balaban J connectivity index is 1.21. The van der Waals surface area contributed by atoms with Crippen molar-refractivity contribution in [1.29, 1.82) is 0 Å². The lowest BCUT2D eigenvalue weighted by Gasteiger charge is -2.38. The monoisotopic (exact) mass is 358 g/mol. The number of likely N-dealkylation sites (tertiary alicyclic amines) is 1. The highest BCUT2D eigenvalue weighted by atomic mass is 16.5. The van der Waals surface area contributed by atoms with Crippen LogP contribution in [-0.2, 0) is 4.74 Å². The minimum absolute atomic E-state index is 0.0439. The highest BCUT2D eigenvalue weighted by molar-refractivity contribution is 5.92. The smallest absolute Gasteiger partial charge is 0.276 e. The second-order valence-corrected chi connectivity index (χ2v) is 7.69. The molecule has 1 atom stereocenters. The third-order valence-electron chi connectivity index (χ3n) is 5.76. The summed E-state index contributed by atoms with van der Waals surface area (Å²) in [7, 11) is 0. The molecule has 1 saturated carbocycles. The predicted octanol–water partition coefficient (Wildman–Crippen LogP) is 2.77. The molecule has 138 valence electrons. The lowest BCUT2D eigenvalue weighted by atomic mass is 9.88. The van der Waals surface area contributed by atoms with Crippen LogP contribution in [0.25, 0.3) is 0 Å². The van der Waals surface area contributed by atoms with Gasteiger partial charge in [0.25, 0.3) is 11.8 Å². The van der Waals surface area contributed by atoms with E-state index < -0.39 is 0 Å². The minimum Gasteiger partial charge on any atom is -0.362 e. The van der Waals surface area contributed by atoms with Gasteiger partial charge in [-0.25, -0.2) is 0 Å². The summed E-state index contributed by atoms with van der Waals surface area (Å²) in [6.07, 6.45) is 5.60. The average molecular weight is 358 g/mol. The van der Waals surface area contributed by atoms with E-state index in [-0.39, 0.29) is 17.6 Å². The molecule has 26 heavy (non-hydrogen) atoms. The summed E-state index contributed by atoms with van der Waals surface area (Å²) >= 11 is 0. The van der Waals surface area contributed by atoms with Crippen molar-refractivity contribution in [1.82, 2.24) is 20.2 Å². The van der Waals surface area contributed by atoms with E-state index in [9.17, 15) is 4.79 Å². The topological polar surface area (TPSA) is 94.5 Å². The number of ether oxygens (including phenoxy) is 1. The summed E-state index contributed by atoms with van der Waals surface area (Å²) in [5.74, 6) is 2.46. The van der Waals surface area contributed by atoms with Gasteiger partial charge in [0.1, 0.15) is 11.9 Å². The van der Waals surface area contributed by atoms with Crippen LogP contribution in [0, 0.1) is 6.92 Å². The van der Waals surface area contributed by atoms with Crippen LogP contribution in [-0.4, -0.2) is 44.8 Å². The van der Waals surface area contributed by atoms with Gasteiger partial charge in [-0.05, 0) is 45.4 Å². The van der Waals surface area contributed by atoms with E-state index >= 15 is 0 Å². The van der Waals surface area contributed by atoms with Crippen LogP contribution in [0.1, 0.15) is 78.5 Å². The zero-order chi connectivity index (χ0) is 17.7. The second-order valence-electron chi connectivity index (χ2n) is 7.69. The average Bonchev–Trinajstić information content (AvgIpc) is 3.06. The van der Waals surface area contributed by atoms with Gasteiger partial charge in [-0.3, -0.25) is 4.79 Å². The molecule has 3 fully saturated rings. The first-order valence-corrected chi connectivity index (χ1v) is 9.36. The molecule has 4 heterocycles. The Morgan fingerprint density at radius 2 is 1.96 bits per heavy atom. The molecule has 8 heteroatoms. The molecule has 8 nitrogen and oxygen atoms in total. The van der Waals surface area contributed by atoms with Crippen LogP contribution in [0.3, 0.4) is 0 Å². The molecular weight excluding hydrogens is 336 g/mol. The number of piperidine rings is 1. The molecule has 1 aliphatic carbocycles. The summed E-state index contributed by atoms with van der Waals surface area (Å²) in [4.78, 5) is 18.8.